The van der Waals surface area contributed by atoms with E-state index in [0.717, 1.165) is 0 Å². The molecule has 0 heterocycles. The van der Waals surface area contributed by atoms with Gasteiger partial charge in [0.15, 0.2) is 0 Å². The second-order valence-corrected chi connectivity index (χ2v) is 7.90. The quantitative estimate of drug-likeness (QED) is 0.646. The van der Waals surface area contributed by atoms with Gasteiger partial charge in [-0.3, -0.25) is 4.79 Å². The fraction of sp³-hybridized carbons (Fsp3) is 0.611. The number of hydrogen-bond donors (Lipinski definition) is 2. The lowest BCUT2D eigenvalue weighted by Gasteiger charge is -2.24. The summed E-state index contributed by atoms with van der Waals surface area (Å²) in [5, 5.41) is 13.6. The van der Waals surface area contributed by atoms with E-state index in [4.69, 9.17) is 4.74 Å². The summed E-state index contributed by atoms with van der Waals surface area (Å²) in [6.07, 6.45) is -0.393. The molecule has 4 heteroatoms. The average Bonchev–Trinajstić information content (AvgIpc) is 2.33. The third kappa shape index (κ3) is 7.05. The number of para-hydroxylation sites is 1. The zero-order valence-corrected chi connectivity index (χ0v) is 14.6. The molecule has 0 spiro atoms. The lowest BCUT2D eigenvalue weighted by atomic mass is 9.92. The van der Waals surface area contributed by atoms with Crippen LogP contribution in [0.2, 0.25) is 0 Å². The van der Waals surface area contributed by atoms with Crippen molar-refractivity contribution in [1.29, 1.82) is 0 Å². The van der Waals surface area contributed by atoms with Crippen LogP contribution in [0.25, 0.3) is 0 Å². The van der Waals surface area contributed by atoms with Crippen LogP contribution >= 0.6 is 0 Å². The molecule has 1 atom stereocenters. The van der Waals surface area contributed by atoms with Gasteiger partial charge in [0, 0.05) is 17.6 Å². The molecule has 0 aromatic heterocycles. The van der Waals surface area contributed by atoms with E-state index in [-0.39, 0.29) is 16.9 Å². The van der Waals surface area contributed by atoms with Gasteiger partial charge in [-0.25, -0.2) is 0 Å². The van der Waals surface area contributed by atoms with Crippen LogP contribution in [0.4, 0.5) is 0 Å². The number of carbonyl (C=O) groups is 1. The average molecular weight is 307 g/mol. The Balaban J connectivity index is 2.79. The second kappa shape index (κ2) is 7.25. The fourth-order valence-corrected chi connectivity index (χ4v) is 1.95. The molecule has 0 aliphatic rings. The van der Waals surface area contributed by atoms with Crippen LogP contribution in [-0.2, 0) is 4.79 Å². The van der Waals surface area contributed by atoms with Crippen molar-refractivity contribution in [3.63, 3.8) is 0 Å². The number of β-amino-alcohol motifs (C(OH)–C–C–N with tert-alkyl or cyclic N) is 1. The third-order valence-corrected chi connectivity index (χ3v) is 3.00. The molecule has 0 bridgehead atoms. The summed E-state index contributed by atoms with van der Waals surface area (Å²) in [5.41, 5.74) is 0.415. The van der Waals surface area contributed by atoms with Gasteiger partial charge in [0.1, 0.15) is 5.75 Å². The van der Waals surface area contributed by atoms with Crippen molar-refractivity contribution in [2.75, 3.05) is 6.54 Å². The molecule has 2 N–H and O–H groups in total. The smallest absolute Gasteiger partial charge is 0.311 e. The highest BCUT2D eigenvalue weighted by atomic mass is 16.5. The predicted molar refractivity (Wildman–Crippen MR) is 88.9 cm³/mol. The molecule has 1 rings (SSSR count). The van der Waals surface area contributed by atoms with Gasteiger partial charge in [0.2, 0.25) is 0 Å². The Labute approximate surface area is 133 Å². The van der Waals surface area contributed by atoms with E-state index in [1.54, 1.807) is 18.2 Å². The Kier molecular flexibility index (Phi) is 6.15. The molecule has 0 aliphatic heterocycles. The van der Waals surface area contributed by atoms with Gasteiger partial charge >= 0.3 is 5.97 Å². The predicted octanol–water partition coefficient (Wildman–Crippen LogP) is 3.45. The standard InChI is InChI=1S/C18H29NO3/c1-17(2,3)11-16(21)22-15-10-8-7-9-13(15)14(20)12-19-18(4,5)6/h7-10,14,19-20H,11-12H2,1-6H3. The molecular weight excluding hydrogens is 278 g/mol. The van der Waals surface area contributed by atoms with Crippen LogP contribution in [0, 0.1) is 5.41 Å². The van der Waals surface area contributed by atoms with Crippen molar-refractivity contribution in [1.82, 2.24) is 5.32 Å². The zero-order chi connectivity index (χ0) is 17.0. The maximum absolute atomic E-state index is 12.0. The van der Waals surface area contributed by atoms with Crippen molar-refractivity contribution in [2.45, 2.75) is 59.6 Å². The van der Waals surface area contributed by atoms with Gasteiger partial charge in [0.05, 0.1) is 12.5 Å². The Morgan fingerprint density at radius 1 is 1.18 bits per heavy atom. The number of aliphatic hydroxyl groups excluding tert-OH is 1. The van der Waals surface area contributed by atoms with E-state index in [2.05, 4.69) is 5.32 Å². The summed E-state index contributed by atoms with van der Waals surface area (Å²) in [6.45, 7) is 12.5. The minimum absolute atomic E-state index is 0.0845. The molecule has 0 saturated carbocycles. The van der Waals surface area contributed by atoms with Crippen molar-refractivity contribution in [2.24, 2.45) is 5.41 Å². The summed E-state index contributed by atoms with van der Waals surface area (Å²) >= 11 is 0. The topological polar surface area (TPSA) is 58.6 Å². The van der Waals surface area contributed by atoms with Gasteiger partial charge in [0.25, 0.3) is 0 Å². The molecular formula is C18H29NO3. The van der Waals surface area contributed by atoms with Gasteiger partial charge < -0.3 is 15.2 Å². The molecule has 1 aromatic rings. The van der Waals surface area contributed by atoms with Gasteiger partial charge in [-0.15, -0.1) is 0 Å². The first-order valence-electron chi connectivity index (χ1n) is 7.71. The Morgan fingerprint density at radius 3 is 2.32 bits per heavy atom. The van der Waals surface area contributed by atoms with Crippen LogP contribution in [0.15, 0.2) is 24.3 Å². The van der Waals surface area contributed by atoms with Gasteiger partial charge in [-0.1, -0.05) is 39.0 Å². The molecule has 1 unspecified atom stereocenters. The van der Waals surface area contributed by atoms with Crippen molar-refractivity contribution >= 4 is 5.97 Å². The molecule has 0 aliphatic carbocycles. The molecule has 124 valence electrons. The van der Waals surface area contributed by atoms with Crippen LogP contribution in [0.1, 0.15) is 59.6 Å². The third-order valence-electron chi connectivity index (χ3n) is 3.00. The minimum Gasteiger partial charge on any atom is -0.426 e. The molecule has 4 nitrogen and oxygen atoms in total. The number of benzene rings is 1. The van der Waals surface area contributed by atoms with E-state index in [9.17, 15) is 9.90 Å². The Morgan fingerprint density at radius 2 is 1.77 bits per heavy atom. The normalized spacial score (nSPS) is 13.8. The summed E-state index contributed by atoms with van der Waals surface area (Å²) in [4.78, 5) is 12.0. The highest BCUT2D eigenvalue weighted by Crippen LogP contribution is 2.27. The van der Waals surface area contributed by atoms with E-state index in [1.165, 1.54) is 0 Å². The first kappa shape index (κ1) is 18.7. The highest BCUT2D eigenvalue weighted by molar-refractivity contribution is 5.73. The second-order valence-electron chi connectivity index (χ2n) is 7.90. The fourth-order valence-electron chi connectivity index (χ4n) is 1.95. The van der Waals surface area contributed by atoms with Crippen molar-refractivity contribution < 1.29 is 14.6 Å². The molecule has 0 amide bonds. The van der Waals surface area contributed by atoms with Crippen LogP contribution in [-0.4, -0.2) is 23.2 Å². The first-order chi connectivity index (χ1) is 9.98. The lowest BCUT2D eigenvalue weighted by molar-refractivity contribution is -0.136. The maximum atomic E-state index is 12.0. The number of esters is 1. The molecule has 22 heavy (non-hydrogen) atoms. The van der Waals surface area contributed by atoms with Crippen molar-refractivity contribution in [3.05, 3.63) is 29.8 Å². The molecule has 0 radical (unpaired) electrons. The SMILES string of the molecule is CC(C)(C)CC(=O)Oc1ccccc1C(O)CNC(C)(C)C. The number of carbonyl (C=O) groups excluding carboxylic acids is 1. The van der Waals surface area contributed by atoms with E-state index < -0.39 is 6.10 Å². The molecule has 0 fully saturated rings. The Hall–Kier alpha value is -1.39. The number of hydrogen-bond acceptors (Lipinski definition) is 4. The van der Waals surface area contributed by atoms with Gasteiger partial charge in [-0.05, 0) is 32.3 Å². The summed E-state index contributed by atoms with van der Waals surface area (Å²) in [7, 11) is 0. The van der Waals surface area contributed by atoms with Crippen molar-refractivity contribution in [3.8, 4) is 5.75 Å². The zero-order valence-electron chi connectivity index (χ0n) is 14.6. The maximum Gasteiger partial charge on any atom is 0.311 e. The Bertz CT molecular complexity index is 498. The lowest BCUT2D eigenvalue weighted by Crippen LogP contribution is -2.38. The number of rotatable bonds is 5. The number of ether oxygens (including phenoxy) is 1. The number of aliphatic hydroxyl groups is 1. The van der Waals surface area contributed by atoms with Crippen LogP contribution in [0.3, 0.4) is 0 Å². The molecule has 1 aromatic carbocycles. The first-order valence-corrected chi connectivity index (χ1v) is 7.71. The van der Waals surface area contributed by atoms with E-state index in [1.807, 2.05) is 47.6 Å². The largest absolute Gasteiger partial charge is 0.426 e. The van der Waals surface area contributed by atoms with Gasteiger partial charge in [-0.2, -0.15) is 0 Å². The minimum atomic E-state index is -0.724. The highest BCUT2D eigenvalue weighted by Gasteiger charge is 2.21. The number of nitrogens with one attached hydrogen (secondary N) is 1. The summed E-state index contributed by atoms with van der Waals surface area (Å²) in [6, 6.07) is 7.13. The van der Waals surface area contributed by atoms with E-state index >= 15 is 0 Å². The van der Waals surface area contributed by atoms with E-state index in [0.29, 0.717) is 24.3 Å². The van der Waals surface area contributed by atoms with Crippen LogP contribution in [0.5, 0.6) is 5.75 Å². The summed E-state index contributed by atoms with van der Waals surface area (Å²) < 4.78 is 5.45. The monoisotopic (exact) mass is 307 g/mol. The van der Waals surface area contributed by atoms with Crippen LogP contribution < -0.4 is 10.1 Å². The molecule has 0 saturated heterocycles. The summed E-state index contributed by atoms with van der Waals surface area (Å²) in [5.74, 6) is 0.149.